The number of nitrogens with zero attached hydrogens (tertiary/aromatic N) is 1. The molecule has 2 atom stereocenters. The van der Waals surface area contributed by atoms with Gasteiger partial charge in [-0.1, -0.05) is 18.2 Å². The zero-order valence-electron chi connectivity index (χ0n) is 17.0. The van der Waals surface area contributed by atoms with Crippen LogP contribution < -0.4 is 16.0 Å². The van der Waals surface area contributed by atoms with Crippen LogP contribution >= 0.6 is 24.0 Å². The molecular weight excluding hydrogens is 474 g/mol. The van der Waals surface area contributed by atoms with Gasteiger partial charge in [0.1, 0.15) is 11.4 Å². The lowest BCUT2D eigenvalue weighted by molar-refractivity contribution is 0.0527. The van der Waals surface area contributed by atoms with Crippen molar-refractivity contribution in [2.75, 3.05) is 19.6 Å². The lowest BCUT2D eigenvalue weighted by Crippen LogP contribution is -2.39. The molecule has 0 heterocycles. The molecule has 1 aromatic carbocycles. The molecule has 1 aromatic rings. The van der Waals surface area contributed by atoms with Crippen molar-refractivity contribution in [3.8, 4) is 0 Å². The van der Waals surface area contributed by atoms with E-state index in [-0.39, 0.29) is 41.8 Å². The minimum absolute atomic E-state index is 0. The fraction of sp³-hybridized carbons (Fsp3) is 0.600. The molecule has 3 N–H and O–H groups in total. The number of carbonyl (C=O) groups is 1. The maximum atomic E-state index is 13.9. The molecule has 1 amide bonds. The average molecular weight is 506 g/mol. The van der Waals surface area contributed by atoms with Gasteiger partial charge in [0.05, 0.1) is 0 Å². The van der Waals surface area contributed by atoms with Gasteiger partial charge in [-0.2, -0.15) is 0 Å². The van der Waals surface area contributed by atoms with E-state index in [0.717, 1.165) is 24.5 Å². The summed E-state index contributed by atoms with van der Waals surface area (Å²) < 4.78 is 19.1. The first-order chi connectivity index (χ1) is 12.8. The minimum atomic E-state index is -0.497. The van der Waals surface area contributed by atoms with Crippen molar-refractivity contribution >= 4 is 36.0 Å². The summed E-state index contributed by atoms with van der Waals surface area (Å²) in [5.74, 6) is 0.754. The standard InChI is InChI=1S/C20H31FN4O2.HI/c1-5-22-18(23-11-8-12-24-19(26)27-20(2,3)4)25-17-13-15(17)14-9-6-7-10-16(14)21;/h6-7,9-10,15,17H,5,8,11-13H2,1-4H3,(H,24,26)(H2,22,23,25);1H. The van der Waals surface area contributed by atoms with Gasteiger partial charge in [0, 0.05) is 31.6 Å². The third kappa shape index (κ3) is 8.62. The molecule has 28 heavy (non-hydrogen) atoms. The number of nitrogens with one attached hydrogen (secondary N) is 3. The minimum Gasteiger partial charge on any atom is -0.444 e. The van der Waals surface area contributed by atoms with Crippen LogP contribution in [0.2, 0.25) is 0 Å². The topological polar surface area (TPSA) is 74.8 Å². The van der Waals surface area contributed by atoms with Crippen molar-refractivity contribution in [1.82, 2.24) is 16.0 Å². The predicted molar refractivity (Wildman–Crippen MR) is 121 cm³/mol. The van der Waals surface area contributed by atoms with Crippen molar-refractivity contribution in [2.24, 2.45) is 4.99 Å². The van der Waals surface area contributed by atoms with E-state index in [1.165, 1.54) is 6.07 Å². The third-order valence-corrected chi connectivity index (χ3v) is 4.03. The maximum Gasteiger partial charge on any atom is 0.407 e. The van der Waals surface area contributed by atoms with Crippen molar-refractivity contribution in [2.45, 2.75) is 58.1 Å². The Balaban J connectivity index is 0.00000392. The van der Waals surface area contributed by atoms with E-state index >= 15 is 0 Å². The molecule has 0 saturated heterocycles. The lowest BCUT2D eigenvalue weighted by atomic mass is 10.1. The molecule has 1 aliphatic carbocycles. The number of rotatable bonds is 7. The molecule has 0 aromatic heterocycles. The molecule has 0 aliphatic heterocycles. The highest BCUT2D eigenvalue weighted by Crippen LogP contribution is 2.41. The number of ether oxygens (including phenoxy) is 1. The third-order valence-electron chi connectivity index (χ3n) is 4.03. The highest BCUT2D eigenvalue weighted by atomic mass is 127. The van der Waals surface area contributed by atoms with Gasteiger partial charge < -0.3 is 20.7 Å². The molecule has 158 valence electrons. The summed E-state index contributed by atoms with van der Waals surface area (Å²) in [4.78, 5) is 16.1. The largest absolute Gasteiger partial charge is 0.444 e. The second kappa shape index (κ2) is 11.4. The van der Waals surface area contributed by atoms with E-state index in [1.54, 1.807) is 6.07 Å². The Bertz CT molecular complexity index is 664. The van der Waals surface area contributed by atoms with E-state index in [2.05, 4.69) is 20.9 Å². The van der Waals surface area contributed by atoms with Crippen LogP contribution in [0.25, 0.3) is 0 Å². The van der Waals surface area contributed by atoms with Crippen LogP contribution in [-0.4, -0.2) is 43.3 Å². The molecular formula is C20H32FIN4O2. The number of hydrogen-bond donors (Lipinski definition) is 3. The summed E-state index contributed by atoms with van der Waals surface area (Å²) in [5, 5.41) is 9.28. The summed E-state index contributed by atoms with van der Waals surface area (Å²) in [5.41, 5.74) is 0.260. The first-order valence-corrected chi connectivity index (χ1v) is 9.56. The van der Waals surface area contributed by atoms with Gasteiger partial charge >= 0.3 is 6.09 Å². The summed E-state index contributed by atoms with van der Waals surface area (Å²) in [6.45, 7) is 9.32. The number of benzene rings is 1. The van der Waals surface area contributed by atoms with E-state index in [1.807, 2.05) is 39.8 Å². The molecule has 2 rings (SSSR count). The normalized spacial score (nSPS) is 18.7. The van der Waals surface area contributed by atoms with Crippen LogP contribution in [0.15, 0.2) is 29.3 Å². The maximum absolute atomic E-state index is 13.9. The Hall–Kier alpha value is -1.58. The Morgan fingerprint density at radius 3 is 2.64 bits per heavy atom. The van der Waals surface area contributed by atoms with Gasteiger partial charge in [-0.25, -0.2) is 9.18 Å². The van der Waals surface area contributed by atoms with Crippen molar-refractivity contribution in [1.29, 1.82) is 0 Å². The first-order valence-electron chi connectivity index (χ1n) is 9.56. The SMILES string of the molecule is CCNC(=NCCCNC(=O)OC(C)(C)C)NC1CC1c1ccccc1F.I. The number of amides is 1. The van der Waals surface area contributed by atoms with Gasteiger partial charge in [-0.15, -0.1) is 24.0 Å². The van der Waals surface area contributed by atoms with Crippen LogP contribution in [0.5, 0.6) is 0 Å². The Morgan fingerprint density at radius 1 is 1.29 bits per heavy atom. The fourth-order valence-corrected chi connectivity index (χ4v) is 2.74. The summed E-state index contributed by atoms with van der Waals surface area (Å²) in [6, 6.07) is 7.11. The highest BCUT2D eigenvalue weighted by Gasteiger charge is 2.40. The Morgan fingerprint density at radius 2 is 2.00 bits per heavy atom. The highest BCUT2D eigenvalue weighted by molar-refractivity contribution is 14.0. The molecule has 1 aliphatic rings. The lowest BCUT2D eigenvalue weighted by Gasteiger charge is -2.19. The molecule has 0 spiro atoms. The smallest absolute Gasteiger partial charge is 0.407 e. The molecule has 6 nitrogen and oxygen atoms in total. The number of guanidine groups is 1. The quantitative estimate of drug-likeness (QED) is 0.228. The number of carbonyl (C=O) groups excluding carboxylic acids is 1. The average Bonchev–Trinajstić information content (AvgIpc) is 3.32. The van der Waals surface area contributed by atoms with E-state index in [0.29, 0.717) is 19.5 Å². The number of halogens is 2. The monoisotopic (exact) mass is 506 g/mol. The Kier molecular flexibility index (Phi) is 9.98. The van der Waals surface area contributed by atoms with Gasteiger partial charge in [0.25, 0.3) is 0 Å². The fourth-order valence-electron chi connectivity index (χ4n) is 2.74. The Labute approximate surface area is 184 Å². The van der Waals surface area contributed by atoms with E-state index in [4.69, 9.17) is 4.74 Å². The summed E-state index contributed by atoms with van der Waals surface area (Å²) >= 11 is 0. The molecule has 1 saturated carbocycles. The van der Waals surface area contributed by atoms with Crippen LogP contribution in [0, 0.1) is 5.82 Å². The molecule has 0 radical (unpaired) electrons. The molecule has 2 unspecified atom stereocenters. The van der Waals surface area contributed by atoms with E-state index in [9.17, 15) is 9.18 Å². The van der Waals surface area contributed by atoms with Crippen LogP contribution in [0.3, 0.4) is 0 Å². The van der Waals surface area contributed by atoms with Crippen molar-refractivity contribution < 1.29 is 13.9 Å². The zero-order chi connectivity index (χ0) is 19.9. The summed E-state index contributed by atoms with van der Waals surface area (Å²) in [6.07, 6.45) is 1.19. The van der Waals surface area contributed by atoms with Gasteiger partial charge in [-0.05, 0) is 52.2 Å². The summed E-state index contributed by atoms with van der Waals surface area (Å²) in [7, 11) is 0. The first kappa shape index (κ1) is 24.5. The van der Waals surface area contributed by atoms with Gasteiger partial charge in [-0.3, -0.25) is 4.99 Å². The molecule has 1 fully saturated rings. The molecule has 8 heteroatoms. The second-order valence-corrected chi connectivity index (χ2v) is 7.66. The molecule has 0 bridgehead atoms. The van der Waals surface area contributed by atoms with Gasteiger partial charge in [0.2, 0.25) is 0 Å². The van der Waals surface area contributed by atoms with Gasteiger partial charge in [0.15, 0.2) is 5.96 Å². The van der Waals surface area contributed by atoms with Crippen LogP contribution in [0.1, 0.15) is 52.0 Å². The predicted octanol–water partition coefficient (Wildman–Crippen LogP) is 3.77. The van der Waals surface area contributed by atoms with Crippen molar-refractivity contribution in [3.05, 3.63) is 35.6 Å². The zero-order valence-corrected chi connectivity index (χ0v) is 19.4. The van der Waals surface area contributed by atoms with Crippen LogP contribution in [0.4, 0.5) is 9.18 Å². The number of alkyl carbamates (subject to hydrolysis) is 1. The van der Waals surface area contributed by atoms with Crippen molar-refractivity contribution in [3.63, 3.8) is 0 Å². The van der Waals surface area contributed by atoms with Crippen LogP contribution in [-0.2, 0) is 4.74 Å². The number of hydrogen-bond acceptors (Lipinski definition) is 3. The van der Waals surface area contributed by atoms with E-state index < -0.39 is 11.7 Å². The number of aliphatic imine (C=N–C) groups is 1. The second-order valence-electron chi connectivity index (χ2n) is 7.66.